The molecule has 0 saturated carbocycles. The largest absolute Gasteiger partial charge is 0.481 e. The minimum atomic E-state index is -1.08. The second kappa shape index (κ2) is 4.04. The minimum Gasteiger partial charge on any atom is -0.481 e. The van der Waals surface area contributed by atoms with Crippen molar-refractivity contribution in [3.05, 3.63) is 0 Å². The van der Waals surface area contributed by atoms with Crippen molar-refractivity contribution >= 4 is 29.2 Å². The van der Waals surface area contributed by atoms with Gasteiger partial charge < -0.3 is 5.11 Å². The van der Waals surface area contributed by atoms with Crippen LogP contribution in [0, 0.1) is 0 Å². The number of rotatable bonds is 4. The maximum absolute atomic E-state index is 10.1. The van der Waals surface area contributed by atoms with E-state index < -0.39 is 10.3 Å². The maximum atomic E-state index is 10.1. The van der Waals surface area contributed by atoms with Gasteiger partial charge in [0.25, 0.3) is 0 Å². The van der Waals surface area contributed by atoms with Crippen molar-refractivity contribution in [1.82, 2.24) is 0 Å². The molecule has 2 nitrogen and oxygen atoms in total. The third-order valence-electron chi connectivity index (χ3n) is 1.03. The molecule has 0 unspecified atom stereocenters. The van der Waals surface area contributed by atoms with Crippen LogP contribution in [-0.2, 0) is 4.79 Å². The zero-order chi connectivity index (χ0) is 8.20. The first kappa shape index (κ1) is 10.0. The first-order chi connectivity index (χ1) is 4.48. The fourth-order valence-electron chi connectivity index (χ4n) is 0.675. The van der Waals surface area contributed by atoms with Gasteiger partial charge in [-0.15, -0.1) is 23.2 Å². The van der Waals surface area contributed by atoms with E-state index in [0.717, 1.165) is 6.42 Å². The Labute approximate surface area is 70.1 Å². The molecule has 0 aliphatic rings. The van der Waals surface area contributed by atoms with E-state index in [0.29, 0.717) is 6.42 Å². The van der Waals surface area contributed by atoms with Crippen LogP contribution in [0.3, 0.4) is 0 Å². The summed E-state index contributed by atoms with van der Waals surface area (Å²) in [5.74, 6) is -0.960. The molecule has 0 heterocycles. The highest BCUT2D eigenvalue weighted by Gasteiger charge is 2.25. The van der Waals surface area contributed by atoms with Gasteiger partial charge in [0.2, 0.25) is 0 Å². The molecule has 0 aromatic carbocycles. The highest BCUT2D eigenvalue weighted by atomic mass is 35.5. The summed E-state index contributed by atoms with van der Waals surface area (Å²) in [6.45, 7) is 1.90. The molecule has 0 bridgehead atoms. The van der Waals surface area contributed by atoms with Crippen LogP contribution in [0.1, 0.15) is 26.2 Å². The van der Waals surface area contributed by atoms with Crippen LogP contribution in [0.15, 0.2) is 0 Å². The predicted molar refractivity (Wildman–Crippen MR) is 41.6 cm³/mol. The van der Waals surface area contributed by atoms with Gasteiger partial charge in [0.15, 0.2) is 0 Å². The van der Waals surface area contributed by atoms with Gasteiger partial charge in [0, 0.05) is 0 Å². The summed E-state index contributed by atoms with van der Waals surface area (Å²) >= 11 is 11.2. The lowest BCUT2D eigenvalue weighted by atomic mass is 10.2. The Hall–Kier alpha value is 0.0500. The zero-order valence-electron chi connectivity index (χ0n) is 5.73. The van der Waals surface area contributed by atoms with Crippen molar-refractivity contribution < 1.29 is 9.90 Å². The third kappa shape index (κ3) is 4.89. The summed E-state index contributed by atoms with van der Waals surface area (Å²) in [6, 6.07) is 0. The third-order valence-corrected chi connectivity index (χ3v) is 1.67. The lowest BCUT2D eigenvalue weighted by Gasteiger charge is -2.14. The SMILES string of the molecule is CCCC(Cl)(Cl)CC(=O)O. The molecule has 0 aliphatic carbocycles. The monoisotopic (exact) mass is 184 g/mol. The maximum Gasteiger partial charge on any atom is 0.306 e. The van der Waals surface area contributed by atoms with Crippen molar-refractivity contribution in [2.45, 2.75) is 30.5 Å². The van der Waals surface area contributed by atoms with Gasteiger partial charge in [-0.05, 0) is 6.42 Å². The van der Waals surface area contributed by atoms with Crippen LogP contribution in [-0.4, -0.2) is 15.4 Å². The number of alkyl halides is 2. The van der Waals surface area contributed by atoms with Gasteiger partial charge in [0.1, 0.15) is 4.33 Å². The Bertz CT molecular complexity index is 123. The molecule has 0 atom stereocenters. The van der Waals surface area contributed by atoms with E-state index >= 15 is 0 Å². The second-order valence-electron chi connectivity index (χ2n) is 2.18. The molecule has 0 spiro atoms. The Balaban J connectivity index is 3.74. The van der Waals surface area contributed by atoms with E-state index in [2.05, 4.69) is 0 Å². The van der Waals surface area contributed by atoms with Gasteiger partial charge in [0.05, 0.1) is 6.42 Å². The summed E-state index contributed by atoms with van der Waals surface area (Å²) in [7, 11) is 0. The van der Waals surface area contributed by atoms with E-state index in [1.54, 1.807) is 0 Å². The molecule has 0 aliphatic heterocycles. The number of carboxylic acid groups (broad SMARTS) is 1. The van der Waals surface area contributed by atoms with E-state index in [9.17, 15) is 4.79 Å². The van der Waals surface area contributed by atoms with Gasteiger partial charge in [-0.25, -0.2) is 0 Å². The van der Waals surface area contributed by atoms with E-state index in [-0.39, 0.29) is 6.42 Å². The average molecular weight is 185 g/mol. The van der Waals surface area contributed by atoms with Gasteiger partial charge in [-0.2, -0.15) is 0 Å². The molecule has 0 amide bonds. The Morgan fingerprint density at radius 1 is 1.60 bits per heavy atom. The fourth-order valence-corrected chi connectivity index (χ4v) is 1.28. The van der Waals surface area contributed by atoms with E-state index in [4.69, 9.17) is 28.3 Å². The molecule has 0 radical (unpaired) electrons. The summed E-state index contributed by atoms with van der Waals surface area (Å²) in [5.41, 5.74) is 0. The number of carboxylic acids is 1. The number of hydrogen-bond donors (Lipinski definition) is 1. The lowest BCUT2D eigenvalue weighted by Crippen LogP contribution is -2.17. The van der Waals surface area contributed by atoms with Crippen LogP contribution in [0.2, 0.25) is 0 Å². The molecule has 0 aromatic heterocycles. The highest BCUT2D eigenvalue weighted by molar-refractivity contribution is 6.49. The molecule has 0 rings (SSSR count). The number of carbonyl (C=O) groups is 1. The predicted octanol–water partition coefficient (Wildman–Crippen LogP) is 2.44. The van der Waals surface area contributed by atoms with Gasteiger partial charge in [-0.1, -0.05) is 13.3 Å². The smallest absolute Gasteiger partial charge is 0.306 e. The quantitative estimate of drug-likeness (QED) is 0.683. The molecule has 10 heavy (non-hydrogen) atoms. The number of hydrogen-bond acceptors (Lipinski definition) is 1. The van der Waals surface area contributed by atoms with E-state index in [1.807, 2.05) is 6.92 Å². The van der Waals surface area contributed by atoms with Gasteiger partial charge in [-0.3, -0.25) is 4.79 Å². The molecule has 1 N–H and O–H groups in total. The molecule has 60 valence electrons. The summed E-state index contributed by atoms with van der Waals surface area (Å²) in [6.07, 6.45) is 1.12. The molecular formula is C6H10Cl2O2. The van der Waals surface area contributed by atoms with Crippen molar-refractivity contribution in [3.63, 3.8) is 0 Å². The van der Waals surface area contributed by atoms with Gasteiger partial charge >= 0.3 is 5.97 Å². The average Bonchev–Trinajstić information content (AvgIpc) is 1.59. The summed E-state index contributed by atoms with van der Waals surface area (Å²) in [4.78, 5) is 10.1. The Morgan fingerprint density at radius 2 is 2.10 bits per heavy atom. The van der Waals surface area contributed by atoms with Crippen molar-refractivity contribution in [2.24, 2.45) is 0 Å². The standard InChI is InChI=1S/C6H10Cl2O2/c1-2-3-6(7,8)4-5(9)10/h2-4H2,1H3,(H,9,10). The highest BCUT2D eigenvalue weighted by Crippen LogP contribution is 2.30. The minimum absolute atomic E-state index is 0.191. The molecule has 4 heteroatoms. The topological polar surface area (TPSA) is 37.3 Å². The Morgan fingerprint density at radius 3 is 2.40 bits per heavy atom. The van der Waals surface area contributed by atoms with Crippen LogP contribution in [0.5, 0.6) is 0 Å². The molecular weight excluding hydrogens is 175 g/mol. The van der Waals surface area contributed by atoms with Crippen LogP contribution in [0.4, 0.5) is 0 Å². The number of aliphatic carboxylic acids is 1. The number of halogens is 2. The molecule has 0 aromatic rings. The summed E-state index contributed by atoms with van der Waals surface area (Å²) < 4.78 is -1.08. The molecule has 0 fully saturated rings. The van der Waals surface area contributed by atoms with Crippen LogP contribution >= 0.6 is 23.2 Å². The zero-order valence-corrected chi connectivity index (χ0v) is 7.24. The first-order valence-corrected chi connectivity index (χ1v) is 3.83. The second-order valence-corrected chi connectivity index (χ2v) is 3.82. The lowest BCUT2D eigenvalue weighted by molar-refractivity contribution is -0.137. The Kier molecular flexibility index (Phi) is 4.06. The van der Waals surface area contributed by atoms with Crippen LogP contribution in [0.25, 0.3) is 0 Å². The molecule has 0 saturated heterocycles. The van der Waals surface area contributed by atoms with Crippen molar-refractivity contribution in [3.8, 4) is 0 Å². The first-order valence-electron chi connectivity index (χ1n) is 3.07. The van der Waals surface area contributed by atoms with Crippen molar-refractivity contribution in [1.29, 1.82) is 0 Å². The van der Waals surface area contributed by atoms with Crippen molar-refractivity contribution in [2.75, 3.05) is 0 Å². The van der Waals surface area contributed by atoms with E-state index in [1.165, 1.54) is 0 Å². The van der Waals surface area contributed by atoms with Crippen LogP contribution < -0.4 is 0 Å². The fraction of sp³-hybridized carbons (Fsp3) is 0.833. The summed E-state index contributed by atoms with van der Waals surface area (Å²) in [5, 5.41) is 8.31. The normalized spacial score (nSPS) is 11.5.